The van der Waals surface area contributed by atoms with Crippen LogP contribution in [0.2, 0.25) is 0 Å². The number of thioether (sulfide) groups is 1. The Hall–Kier alpha value is -1.14. The van der Waals surface area contributed by atoms with Crippen molar-refractivity contribution in [3.63, 3.8) is 0 Å². The molecule has 1 aromatic heterocycles. The number of methoxy groups -OCH3 is 1. The second-order valence-corrected chi connectivity index (χ2v) is 5.47. The van der Waals surface area contributed by atoms with E-state index in [9.17, 15) is 4.79 Å². The van der Waals surface area contributed by atoms with Gasteiger partial charge in [0.2, 0.25) is 0 Å². The summed E-state index contributed by atoms with van der Waals surface area (Å²) in [6.07, 6.45) is 4.97. The maximum atomic E-state index is 11.4. The molecular weight excluding hydrogens is 250 g/mol. The molecule has 0 aliphatic rings. The van der Waals surface area contributed by atoms with Gasteiger partial charge in [0.1, 0.15) is 5.54 Å². The third-order valence-corrected chi connectivity index (χ3v) is 3.44. The highest BCUT2D eigenvalue weighted by molar-refractivity contribution is 7.99. The van der Waals surface area contributed by atoms with Gasteiger partial charge in [0, 0.05) is 18.1 Å². The third-order valence-electron chi connectivity index (χ3n) is 2.48. The molecule has 100 valence electrons. The first-order valence-corrected chi connectivity index (χ1v) is 6.73. The third kappa shape index (κ3) is 4.62. The van der Waals surface area contributed by atoms with Crippen LogP contribution >= 0.6 is 11.8 Å². The fraction of sp³-hybridized carbons (Fsp3) is 0.583. The minimum absolute atomic E-state index is 0.376. The first kappa shape index (κ1) is 14.9. The number of carbonyl (C=O) groups excluding carboxylic acids is 1. The number of aromatic nitrogens is 2. The Labute approximate surface area is 112 Å². The molecule has 0 fully saturated rings. The topological polar surface area (TPSA) is 78.1 Å². The fourth-order valence-corrected chi connectivity index (χ4v) is 2.12. The van der Waals surface area contributed by atoms with Crippen LogP contribution in [0.5, 0.6) is 0 Å². The van der Waals surface area contributed by atoms with Crippen LogP contribution in [0, 0.1) is 6.92 Å². The predicted octanol–water partition coefficient (Wildman–Crippen LogP) is 1.55. The van der Waals surface area contributed by atoms with Gasteiger partial charge in [-0.25, -0.2) is 9.97 Å². The number of rotatable bonds is 6. The zero-order chi connectivity index (χ0) is 13.6. The van der Waals surface area contributed by atoms with E-state index in [0.717, 1.165) is 22.9 Å². The molecule has 1 rings (SSSR count). The Morgan fingerprint density at radius 2 is 2.11 bits per heavy atom. The Morgan fingerprint density at radius 3 is 2.67 bits per heavy atom. The van der Waals surface area contributed by atoms with E-state index in [1.807, 2.05) is 6.92 Å². The number of carbonyl (C=O) groups is 1. The summed E-state index contributed by atoms with van der Waals surface area (Å²) in [7, 11) is 1.35. The Bertz CT molecular complexity index is 393. The average molecular weight is 269 g/mol. The number of esters is 1. The first-order chi connectivity index (χ1) is 8.45. The minimum atomic E-state index is -0.913. The van der Waals surface area contributed by atoms with Crippen LogP contribution < -0.4 is 5.73 Å². The number of nitrogens with zero attached hydrogens (tertiary/aromatic N) is 2. The van der Waals surface area contributed by atoms with E-state index in [2.05, 4.69) is 14.7 Å². The van der Waals surface area contributed by atoms with Crippen LogP contribution in [0.15, 0.2) is 17.6 Å². The van der Waals surface area contributed by atoms with Gasteiger partial charge in [-0.3, -0.25) is 4.79 Å². The van der Waals surface area contributed by atoms with Gasteiger partial charge in [-0.2, -0.15) is 0 Å². The van der Waals surface area contributed by atoms with Gasteiger partial charge in [0.15, 0.2) is 5.16 Å². The molecule has 0 saturated carbocycles. The van der Waals surface area contributed by atoms with Crippen LogP contribution in [0.25, 0.3) is 0 Å². The molecule has 0 aliphatic heterocycles. The summed E-state index contributed by atoms with van der Waals surface area (Å²) in [5, 5.41) is 0.748. The van der Waals surface area contributed by atoms with Crippen molar-refractivity contribution in [2.45, 2.75) is 37.4 Å². The highest BCUT2D eigenvalue weighted by Gasteiger charge is 2.28. The monoisotopic (exact) mass is 269 g/mol. The Morgan fingerprint density at radius 1 is 1.50 bits per heavy atom. The second-order valence-electron chi connectivity index (χ2n) is 4.40. The van der Waals surface area contributed by atoms with Crippen molar-refractivity contribution in [1.29, 1.82) is 0 Å². The molecule has 0 saturated heterocycles. The van der Waals surface area contributed by atoms with E-state index < -0.39 is 5.54 Å². The molecule has 5 nitrogen and oxygen atoms in total. The van der Waals surface area contributed by atoms with Crippen molar-refractivity contribution in [3.8, 4) is 0 Å². The molecule has 18 heavy (non-hydrogen) atoms. The zero-order valence-corrected chi connectivity index (χ0v) is 11.8. The van der Waals surface area contributed by atoms with E-state index in [1.54, 1.807) is 31.1 Å². The molecule has 1 heterocycles. The van der Waals surface area contributed by atoms with Crippen LogP contribution in [-0.4, -0.2) is 34.3 Å². The highest BCUT2D eigenvalue weighted by atomic mass is 32.2. The van der Waals surface area contributed by atoms with Crippen LogP contribution in [-0.2, 0) is 9.53 Å². The molecule has 0 bridgehead atoms. The smallest absolute Gasteiger partial charge is 0.325 e. The molecule has 0 aliphatic carbocycles. The zero-order valence-electron chi connectivity index (χ0n) is 11.0. The minimum Gasteiger partial charge on any atom is -0.468 e. The van der Waals surface area contributed by atoms with Gasteiger partial charge in [0.25, 0.3) is 0 Å². The van der Waals surface area contributed by atoms with Gasteiger partial charge in [0.05, 0.1) is 7.11 Å². The maximum absolute atomic E-state index is 11.4. The van der Waals surface area contributed by atoms with Crippen molar-refractivity contribution >= 4 is 17.7 Å². The highest BCUT2D eigenvalue weighted by Crippen LogP contribution is 2.17. The van der Waals surface area contributed by atoms with Crippen molar-refractivity contribution in [1.82, 2.24) is 9.97 Å². The molecule has 0 spiro atoms. The molecule has 1 aromatic rings. The van der Waals surface area contributed by atoms with Crippen LogP contribution in [0.3, 0.4) is 0 Å². The van der Waals surface area contributed by atoms with Crippen molar-refractivity contribution in [2.24, 2.45) is 5.73 Å². The van der Waals surface area contributed by atoms with Crippen molar-refractivity contribution in [3.05, 3.63) is 18.0 Å². The summed E-state index contributed by atoms with van der Waals surface area (Å²) in [6, 6.07) is 0. The lowest BCUT2D eigenvalue weighted by Crippen LogP contribution is -2.45. The fourth-order valence-electron chi connectivity index (χ4n) is 1.39. The molecule has 6 heteroatoms. The molecule has 0 radical (unpaired) electrons. The number of aryl methyl sites for hydroxylation is 1. The first-order valence-electron chi connectivity index (χ1n) is 5.74. The van der Waals surface area contributed by atoms with E-state index in [0.29, 0.717) is 6.42 Å². The molecule has 2 N–H and O–H groups in total. The van der Waals surface area contributed by atoms with Gasteiger partial charge < -0.3 is 10.5 Å². The molecule has 0 amide bonds. The lowest BCUT2D eigenvalue weighted by Gasteiger charge is -2.20. The standard InChI is InChI=1S/C12H19N3O2S/c1-9-7-14-11(15-8-9)18-6-4-5-12(2,13)10(16)17-3/h7-8H,4-6,13H2,1-3H3. The SMILES string of the molecule is COC(=O)C(C)(N)CCCSc1ncc(C)cn1. The summed E-state index contributed by atoms with van der Waals surface area (Å²) in [6.45, 7) is 3.64. The molecule has 1 atom stereocenters. The summed E-state index contributed by atoms with van der Waals surface area (Å²) in [5.74, 6) is 0.450. The molecule has 1 unspecified atom stereocenters. The average Bonchev–Trinajstić information content (AvgIpc) is 2.35. The number of hydrogen-bond donors (Lipinski definition) is 1. The van der Waals surface area contributed by atoms with Gasteiger partial charge >= 0.3 is 5.97 Å². The largest absolute Gasteiger partial charge is 0.468 e. The van der Waals surface area contributed by atoms with Crippen LogP contribution in [0.1, 0.15) is 25.3 Å². The summed E-state index contributed by atoms with van der Waals surface area (Å²) >= 11 is 1.56. The number of hydrogen-bond acceptors (Lipinski definition) is 6. The summed E-state index contributed by atoms with van der Waals surface area (Å²) in [5.41, 5.74) is 5.98. The van der Waals surface area contributed by atoms with Crippen LogP contribution in [0.4, 0.5) is 0 Å². The van der Waals surface area contributed by atoms with E-state index in [-0.39, 0.29) is 5.97 Å². The van der Waals surface area contributed by atoms with Gasteiger partial charge in [-0.15, -0.1) is 0 Å². The number of ether oxygens (including phenoxy) is 1. The van der Waals surface area contributed by atoms with Gasteiger partial charge in [-0.05, 0) is 32.3 Å². The molecule has 0 aromatic carbocycles. The van der Waals surface area contributed by atoms with Crippen molar-refractivity contribution in [2.75, 3.05) is 12.9 Å². The van der Waals surface area contributed by atoms with Gasteiger partial charge in [-0.1, -0.05) is 11.8 Å². The van der Waals surface area contributed by atoms with E-state index in [4.69, 9.17) is 5.73 Å². The quantitative estimate of drug-likeness (QED) is 0.365. The van der Waals surface area contributed by atoms with E-state index >= 15 is 0 Å². The summed E-state index contributed by atoms with van der Waals surface area (Å²) in [4.78, 5) is 19.7. The second kappa shape index (κ2) is 6.70. The lowest BCUT2D eigenvalue weighted by molar-refractivity contribution is -0.146. The lowest BCUT2D eigenvalue weighted by atomic mass is 9.98. The molecular formula is C12H19N3O2S. The predicted molar refractivity (Wildman–Crippen MR) is 71.3 cm³/mol. The Balaban J connectivity index is 2.30. The number of nitrogens with two attached hydrogens (primary N) is 1. The maximum Gasteiger partial charge on any atom is 0.325 e. The normalized spacial score (nSPS) is 14.0. The Kier molecular flexibility index (Phi) is 5.55. The summed E-state index contributed by atoms with van der Waals surface area (Å²) < 4.78 is 4.65. The van der Waals surface area contributed by atoms with E-state index in [1.165, 1.54) is 7.11 Å². The van der Waals surface area contributed by atoms with Crippen molar-refractivity contribution < 1.29 is 9.53 Å².